The van der Waals surface area contributed by atoms with Gasteiger partial charge in [-0.15, -0.1) is 10.2 Å². The zero-order chi connectivity index (χ0) is 19.1. The molecule has 0 aliphatic carbocycles. The molecule has 1 aromatic carbocycles. The molecule has 0 aliphatic rings. The maximum atomic E-state index is 12.4. The van der Waals surface area contributed by atoms with Crippen molar-refractivity contribution in [3.8, 4) is 11.5 Å². The van der Waals surface area contributed by atoms with E-state index in [0.717, 1.165) is 21.3 Å². The number of hydrogen-bond acceptors (Lipinski definition) is 9. The third-order valence-corrected chi connectivity index (χ3v) is 6.76. The SMILES string of the molecule is COc1ccc(COc2cn(OC)c(CSSc3nncs3)cc2=O)cc1. The summed E-state index contributed by atoms with van der Waals surface area (Å²) in [7, 11) is 6.23. The fourth-order valence-corrected chi connectivity index (χ4v) is 5.01. The van der Waals surface area contributed by atoms with Crippen molar-refractivity contribution < 1.29 is 14.3 Å². The zero-order valence-electron chi connectivity index (χ0n) is 14.7. The van der Waals surface area contributed by atoms with E-state index in [9.17, 15) is 4.79 Å². The predicted molar refractivity (Wildman–Crippen MR) is 108 cm³/mol. The molecule has 0 amide bonds. The van der Waals surface area contributed by atoms with Gasteiger partial charge in [0, 0.05) is 11.8 Å². The number of rotatable bonds is 9. The Morgan fingerprint density at radius 1 is 1.22 bits per heavy atom. The first-order valence-electron chi connectivity index (χ1n) is 7.81. The van der Waals surface area contributed by atoms with Crippen molar-refractivity contribution in [2.45, 2.75) is 16.7 Å². The van der Waals surface area contributed by atoms with E-state index in [1.807, 2.05) is 24.3 Å². The number of aromatic nitrogens is 3. The third kappa shape index (κ3) is 5.41. The lowest BCUT2D eigenvalue weighted by molar-refractivity contribution is 0.154. The topological polar surface area (TPSA) is 75.5 Å². The van der Waals surface area contributed by atoms with Crippen LogP contribution in [0.5, 0.6) is 11.5 Å². The minimum atomic E-state index is -0.187. The van der Waals surface area contributed by atoms with Gasteiger partial charge in [-0.1, -0.05) is 34.3 Å². The molecule has 0 aliphatic heterocycles. The van der Waals surface area contributed by atoms with Crippen molar-refractivity contribution in [2.24, 2.45) is 0 Å². The van der Waals surface area contributed by atoms with Crippen molar-refractivity contribution in [3.05, 3.63) is 63.5 Å². The Labute approximate surface area is 168 Å². The molecule has 0 unspecified atom stereocenters. The van der Waals surface area contributed by atoms with E-state index in [-0.39, 0.29) is 17.8 Å². The average Bonchev–Trinajstić information content (AvgIpc) is 3.21. The van der Waals surface area contributed by atoms with Crippen molar-refractivity contribution in [1.82, 2.24) is 14.9 Å². The molecule has 0 saturated carbocycles. The molecule has 0 fully saturated rings. The Kier molecular flexibility index (Phi) is 7.02. The number of methoxy groups -OCH3 is 1. The number of nitrogens with zero attached hydrogens (tertiary/aromatic N) is 3. The summed E-state index contributed by atoms with van der Waals surface area (Å²) in [5.74, 6) is 1.58. The molecule has 2 heterocycles. The maximum absolute atomic E-state index is 12.4. The van der Waals surface area contributed by atoms with Crippen molar-refractivity contribution in [1.29, 1.82) is 0 Å². The average molecular weight is 424 g/mol. The minimum Gasteiger partial charge on any atom is -0.497 e. The molecular formula is C17H17N3O4S3. The molecular weight excluding hydrogens is 406 g/mol. The van der Waals surface area contributed by atoms with E-state index in [4.69, 9.17) is 14.3 Å². The highest BCUT2D eigenvalue weighted by Crippen LogP contribution is 2.34. The molecule has 0 spiro atoms. The van der Waals surface area contributed by atoms with E-state index in [2.05, 4.69) is 10.2 Å². The molecule has 10 heteroatoms. The van der Waals surface area contributed by atoms with Gasteiger partial charge >= 0.3 is 0 Å². The second kappa shape index (κ2) is 9.67. The number of hydrogen-bond donors (Lipinski definition) is 0. The molecule has 7 nitrogen and oxygen atoms in total. The fourth-order valence-electron chi connectivity index (χ4n) is 2.15. The Bertz CT molecular complexity index is 914. The standard InChI is InChI=1S/C17H17N3O4S3/c1-22-14-5-3-12(4-6-14)9-24-16-8-20(23-2)13(7-15(16)21)10-26-27-17-19-18-11-25-17/h3-8,11H,9-10H2,1-2H3. The van der Waals surface area contributed by atoms with Crippen LogP contribution in [0.1, 0.15) is 11.3 Å². The van der Waals surface area contributed by atoms with E-state index >= 15 is 0 Å². The summed E-state index contributed by atoms with van der Waals surface area (Å²) in [5.41, 5.74) is 3.17. The van der Waals surface area contributed by atoms with Gasteiger partial charge in [0.05, 0.1) is 19.0 Å². The van der Waals surface area contributed by atoms with Gasteiger partial charge in [0.25, 0.3) is 0 Å². The van der Waals surface area contributed by atoms with Gasteiger partial charge in [0.2, 0.25) is 5.43 Å². The Morgan fingerprint density at radius 3 is 2.70 bits per heavy atom. The van der Waals surface area contributed by atoms with Crippen LogP contribution in [0.3, 0.4) is 0 Å². The van der Waals surface area contributed by atoms with Crippen molar-refractivity contribution in [3.63, 3.8) is 0 Å². The number of pyridine rings is 1. The van der Waals surface area contributed by atoms with Crippen LogP contribution in [-0.2, 0) is 12.4 Å². The Balaban J connectivity index is 1.64. The van der Waals surface area contributed by atoms with Gasteiger partial charge in [-0.25, -0.2) is 0 Å². The zero-order valence-corrected chi connectivity index (χ0v) is 17.1. The van der Waals surface area contributed by atoms with E-state index < -0.39 is 0 Å². The lowest BCUT2D eigenvalue weighted by Crippen LogP contribution is -2.18. The predicted octanol–water partition coefficient (Wildman–Crippen LogP) is 3.29. The molecule has 3 aromatic rings. The van der Waals surface area contributed by atoms with Crippen LogP contribution in [0.2, 0.25) is 0 Å². The van der Waals surface area contributed by atoms with Crippen molar-refractivity contribution >= 4 is 32.9 Å². The molecule has 2 aromatic heterocycles. The summed E-state index contributed by atoms with van der Waals surface area (Å²) in [6.45, 7) is 0.282. The molecule has 0 atom stereocenters. The number of ether oxygens (including phenoxy) is 2. The quantitative estimate of drug-likeness (QED) is 0.486. The Morgan fingerprint density at radius 2 is 2.04 bits per heavy atom. The van der Waals surface area contributed by atoms with Gasteiger partial charge < -0.3 is 14.3 Å². The summed E-state index contributed by atoms with van der Waals surface area (Å²) in [4.78, 5) is 17.7. The van der Waals surface area contributed by atoms with E-state index in [1.165, 1.54) is 28.2 Å². The van der Waals surface area contributed by atoms with Gasteiger partial charge in [-0.2, -0.15) is 4.73 Å². The maximum Gasteiger partial charge on any atom is 0.223 e. The summed E-state index contributed by atoms with van der Waals surface area (Å²) in [5, 5.41) is 7.76. The van der Waals surface area contributed by atoms with Crippen LogP contribution >= 0.6 is 32.9 Å². The van der Waals surface area contributed by atoms with Crippen molar-refractivity contribution in [2.75, 3.05) is 14.2 Å². The second-order valence-corrected chi connectivity index (χ2v) is 8.57. The van der Waals surface area contributed by atoms with E-state index in [1.54, 1.807) is 41.5 Å². The first kappa shape index (κ1) is 19.6. The third-order valence-electron chi connectivity index (χ3n) is 3.49. The molecule has 3 rings (SSSR count). The highest BCUT2D eigenvalue weighted by Gasteiger charge is 2.10. The summed E-state index contributed by atoms with van der Waals surface area (Å²) >= 11 is 1.47. The second-order valence-electron chi connectivity index (χ2n) is 5.19. The van der Waals surface area contributed by atoms with Gasteiger partial charge in [-0.3, -0.25) is 4.79 Å². The number of benzene rings is 1. The molecule has 0 N–H and O–H groups in total. The fraction of sp³-hybridized carbons (Fsp3) is 0.235. The molecule has 0 bridgehead atoms. The lowest BCUT2D eigenvalue weighted by Gasteiger charge is -2.13. The van der Waals surface area contributed by atoms with Crippen LogP contribution < -0.4 is 19.7 Å². The van der Waals surface area contributed by atoms with Crippen LogP contribution in [0.25, 0.3) is 0 Å². The smallest absolute Gasteiger partial charge is 0.223 e. The lowest BCUT2D eigenvalue weighted by atomic mass is 10.2. The van der Waals surface area contributed by atoms with Crippen LogP contribution in [0, 0.1) is 0 Å². The first-order valence-corrected chi connectivity index (χ1v) is 11.0. The normalized spacial score (nSPS) is 10.6. The molecule has 142 valence electrons. The highest BCUT2D eigenvalue weighted by atomic mass is 33.1. The van der Waals surface area contributed by atoms with E-state index in [0.29, 0.717) is 5.75 Å². The first-order chi connectivity index (χ1) is 13.2. The van der Waals surface area contributed by atoms with Gasteiger partial charge in [0.15, 0.2) is 10.1 Å². The Hall–Kier alpha value is -2.17. The summed E-state index contributed by atoms with van der Waals surface area (Å²) in [6, 6.07) is 9.01. The van der Waals surface area contributed by atoms with Crippen LogP contribution in [0.4, 0.5) is 0 Å². The van der Waals surface area contributed by atoms with Crippen LogP contribution in [-0.4, -0.2) is 29.1 Å². The largest absolute Gasteiger partial charge is 0.497 e. The van der Waals surface area contributed by atoms with Gasteiger partial charge in [0.1, 0.15) is 25.0 Å². The molecule has 27 heavy (non-hydrogen) atoms. The highest BCUT2D eigenvalue weighted by molar-refractivity contribution is 8.76. The minimum absolute atomic E-state index is 0.187. The summed E-state index contributed by atoms with van der Waals surface area (Å²) < 4.78 is 13.2. The van der Waals surface area contributed by atoms with Crippen LogP contribution in [0.15, 0.2) is 51.2 Å². The molecule has 0 radical (unpaired) electrons. The monoisotopic (exact) mass is 423 g/mol. The molecule has 0 saturated heterocycles. The summed E-state index contributed by atoms with van der Waals surface area (Å²) in [6.07, 6.45) is 1.57. The van der Waals surface area contributed by atoms with Gasteiger partial charge in [-0.05, 0) is 28.5 Å².